The number of aliphatic hydroxyl groups is 1. The number of hydrogen-bond acceptors (Lipinski definition) is 15. The Morgan fingerprint density at radius 1 is 0.286 bits per heavy atom. The Bertz CT molecular complexity index is 2100. The van der Waals surface area contributed by atoms with Gasteiger partial charge in [0.2, 0.25) is 0 Å². The Kier molecular flexibility index (Phi) is 69.7. The van der Waals surface area contributed by atoms with Crippen molar-refractivity contribution in [2.45, 2.75) is 380 Å². The van der Waals surface area contributed by atoms with Gasteiger partial charge in [0, 0.05) is 25.7 Å². The first-order valence-corrected chi connectivity index (χ1v) is 42.5. The van der Waals surface area contributed by atoms with Crippen LogP contribution in [0.3, 0.4) is 0 Å². The standard InChI is InChI=1S/C79H144O17P2/c1-5-9-13-17-21-25-29-33-36-40-43-47-51-55-59-63-76(81)89-69-74(95-78(83)65-61-57-53-49-45-39-32-28-24-20-16-12-8-4)71-93-97(85,86)91-67-73(80)68-92-98(87,88)94-72-75(96-79(84)66-62-58-54-50-46-42-38-35-31-27-23-19-15-11-7-3)70-90-77(82)64-60-56-52-48-44-41-37-34-30-26-22-18-14-10-6-2/h21,23,25,27,33-38,73-75,80H,5-20,22,24,26,28-32,39-72H2,1-4H3,(H,85,86)(H,87,88)/b25-21-,27-23-,36-33-,37-34-,38-35-/t73-,74-,75-/m1/s1. The highest BCUT2D eigenvalue weighted by molar-refractivity contribution is 7.47. The minimum atomic E-state index is -4.97. The first-order valence-electron chi connectivity index (χ1n) is 39.5. The van der Waals surface area contributed by atoms with Gasteiger partial charge in [-0.1, -0.05) is 281 Å². The van der Waals surface area contributed by atoms with Crippen LogP contribution in [-0.2, 0) is 65.4 Å². The number of phosphoric acid groups is 2. The van der Waals surface area contributed by atoms with E-state index in [1.165, 1.54) is 128 Å². The molecule has 2 unspecified atom stereocenters. The summed E-state index contributed by atoms with van der Waals surface area (Å²) < 4.78 is 68.5. The van der Waals surface area contributed by atoms with E-state index in [0.717, 1.165) is 154 Å². The van der Waals surface area contributed by atoms with Gasteiger partial charge in [0.05, 0.1) is 26.4 Å². The van der Waals surface area contributed by atoms with E-state index in [9.17, 15) is 43.2 Å². The van der Waals surface area contributed by atoms with E-state index < -0.39 is 97.5 Å². The van der Waals surface area contributed by atoms with Crippen LogP contribution in [0.25, 0.3) is 0 Å². The number of allylic oxidation sites excluding steroid dienone is 10. The summed E-state index contributed by atoms with van der Waals surface area (Å²) in [5, 5.41) is 10.6. The summed E-state index contributed by atoms with van der Waals surface area (Å²) in [6.07, 6.45) is 70.5. The van der Waals surface area contributed by atoms with Crippen molar-refractivity contribution >= 4 is 39.5 Å². The molecule has 0 bridgehead atoms. The maximum atomic E-state index is 13.1. The van der Waals surface area contributed by atoms with Crippen molar-refractivity contribution in [1.29, 1.82) is 0 Å². The zero-order valence-corrected chi connectivity index (χ0v) is 64.3. The van der Waals surface area contributed by atoms with E-state index in [-0.39, 0.29) is 25.7 Å². The molecule has 0 heterocycles. The lowest BCUT2D eigenvalue weighted by Gasteiger charge is -2.21. The summed E-state index contributed by atoms with van der Waals surface area (Å²) in [5.74, 6) is -2.18. The van der Waals surface area contributed by atoms with Crippen molar-refractivity contribution in [1.82, 2.24) is 0 Å². The lowest BCUT2D eigenvalue weighted by atomic mass is 10.0. The Hall–Kier alpha value is -3.24. The molecule has 3 N–H and O–H groups in total. The molecule has 0 saturated carbocycles. The normalized spacial score (nSPS) is 14.2. The van der Waals surface area contributed by atoms with Crippen LogP contribution in [0.2, 0.25) is 0 Å². The Balaban J connectivity index is 5.34. The third-order valence-corrected chi connectivity index (χ3v) is 18.9. The second-order valence-corrected chi connectivity index (χ2v) is 29.6. The van der Waals surface area contributed by atoms with Crippen molar-refractivity contribution in [2.75, 3.05) is 39.6 Å². The molecule has 0 rings (SSSR count). The molecule has 0 aliphatic heterocycles. The Morgan fingerprint density at radius 3 is 0.786 bits per heavy atom. The summed E-state index contributed by atoms with van der Waals surface area (Å²) in [4.78, 5) is 72.9. The lowest BCUT2D eigenvalue weighted by molar-refractivity contribution is -0.161. The smallest absolute Gasteiger partial charge is 0.462 e. The number of hydrogen-bond donors (Lipinski definition) is 3. The van der Waals surface area contributed by atoms with Crippen molar-refractivity contribution in [3.05, 3.63) is 60.8 Å². The maximum Gasteiger partial charge on any atom is 0.472 e. The molecule has 19 heteroatoms. The molecule has 17 nitrogen and oxygen atoms in total. The molecule has 0 aromatic carbocycles. The number of rotatable bonds is 75. The second kappa shape index (κ2) is 72.1. The van der Waals surface area contributed by atoms with Crippen LogP contribution in [-0.4, -0.2) is 96.7 Å². The topological polar surface area (TPSA) is 237 Å². The number of unbranched alkanes of at least 4 members (excludes halogenated alkanes) is 39. The van der Waals surface area contributed by atoms with Crippen LogP contribution in [0.1, 0.15) is 362 Å². The van der Waals surface area contributed by atoms with Gasteiger partial charge in [-0.3, -0.25) is 37.3 Å². The van der Waals surface area contributed by atoms with Crippen LogP contribution in [0, 0.1) is 0 Å². The highest BCUT2D eigenvalue weighted by atomic mass is 31.2. The predicted octanol–water partition coefficient (Wildman–Crippen LogP) is 22.7. The summed E-state index contributed by atoms with van der Waals surface area (Å²) in [6, 6.07) is 0. The summed E-state index contributed by atoms with van der Waals surface area (Å²) in [6.45, 7) is 4.84. The van der Waals surface area contributed by atoms with Crippen molar-refractivity contribution in [2.24, 2.45) is 0 Å². The number of carbonyl (C=O) groups is 4. The highest BCUT2D eigenvalue weighted by Crippen LogP contribution is 2.45. The third kappa shape index (κ3) is 71.2. The first kappa shape index (κ1) is 94.8. The van der Waals surface area contributed by atoms with Gasteiger partial charge < -0.3 is 33.8 Å². The molecule has 0 fully saturated rings. The van der Waals surface area contributed by atoms with Gasteiger partial charge in [-0.05, 0) is 116 Å². The molecule has 0 aromatic heterocycles. The second-order valence-electron chi connectivity index (χ2n) is 26.7. The van der Waals surface area contributed by atoms with E-state index in [2.05, 4.69) is 88.5 Å². The van der Waals surface area contributed by atoms with Gasteiger partial charge in [-0.25, -0.2) is 9.13 Å². The van der Waals surface area contributed by atoms with Crippen LogP contribution >= 0.6 is 15.6 Å². The molecule has 5 atom stereocenters. The molecule has 0 spiro atoms. The molecule has 572 valence electrons. The monoisotopic (exact) mass is 1430 g/mol. The lowest BCUT2D eigenvalue weighted by Crippen LogP contribution is -2.30. The van der Waals surface area contributed by atoms with Gasteiger partial charge >= 0.3 is 39.5 Å². The van der Waals surface area contributed by atoms with E-state index in [1.54, 1.807) is 0 Å². The van der Waals surface area contributed by atoms with E-state index in [1.807, 2.05) is 0 Å². The van der Waals surface area contributed by atoms with Gasteiger partial charge in [0.1, 0.15) is 19.3 Å². The van der Waals surface area contributed by atoms with Crippen LogP contribution in [0.15, 0.2) is 60.8 Å². The molecule has 0 amide bonds. The molecule has 0 aliphatic carbocycles. The molecule has 0 aromatic rings. The summed E-state index contributed by atoms with van der Waals surface area (Å²) in [7, 11) is -9.94. The minimum Gasteiger partial charge on any atom is -0.462 e. The number of ether oxygens (including phenoxy) is 4. The fraction of sp³-hybridized carbons (Fsp3) is 0.823. The van der Waals surface area contributed by atoms with E-state index in [0.29, 0.717) is 25.7 Å². The van der Waals surface area contributed by atoms with Crippen LogP contribution in [0.4, 0.5) is 0 Å². The zero-order chi connectivity index (χ0) is 71.8. The first-order chi connectivity index (χ1) is 47.7. The summed E-state index contributed by atoms with van der Waals surface area (Å²) >= 11 is 0. The molecule has 0 aliphatic rings. The Labute approximate surface area is 597 Å². The molecular weight excluding hydrogens is 1280 g/mol. The summed E-state index contributed by atoms with van der Waals surface area (Å²) in [5.41, 5.74) is 0. The van der Waals surface area contributed by atoms with E-state index in [4.69, 9.17) is 37.0 Å². The fourth-order valence-electron chi connectivity index (χ4n) is 10.9. The maximum absolute atomic E-state index is 13.1. The fourth-order valence-corrected chi connectivity index (χ4v) is 12.4. The third-order valence-electron chi connectivity index (χ3n) is 17.0. The number of esters is 4. The zero-order valence-electron chi connectivity index (χ0n) is 62.5. The molecule has 0 radical (unpaired) electrons. The average Bonchev–Trinajstić information content (AvgIpc) is 0.959. The number of phosphoric ester groups is 2. The predicted molar refractivity (Wildman–Crippen MR) is 400 cm³/mol. The molecule has 0 saturated heterocycles. The number of aliphatic hydroxyl groups excluding tert-OH is 1. The van der Waals surface area contributed by atoms with Crippen molar-refractivity contribution in [3.63, 3.8) is 0 Å². The SMILES string of the molecule is CCCCC/C=C\C/C=C\CCCCCCCC(=O)OC[C@H](COP(=O)(O)OC[C@@H](O)COP(=O)(O)OC[C@@H](COC(=O)CCCCCCC/C=C\CCCCCCCC)OC(=O)CCCCCCC/C=C\C/C=C\CCCCC)OC(=O)CCCCCCCCCCCCCCC. The largest absolute Gasteiger partial charge is 0.472 e. The van der Waals surface area contributed by atoms with Gasteiger partial charge in [-0.2, -0.15) is 0 Å². The van der Waals surface area contributed by atoms with Crippen molar-refractivity contribution < 1.29 is 80.2 Å². The number of carbonyl (C=O) groups excluding carboxylic acids is 4. The van der Waals surface area contributed by atoms with E-state index >= 15 is 0 Å². The van der Waals surface area contributed by atoms with Gasteiger partial charge in [-0.15, -0.1) is 0 Å². The van der Waals surface area contributed by atoms with Gasteiger partial charge in [0.15, 0.2) is 12.2 Å². The van der Waals surface area contributed by atoms with Gasteiger partial charge in [0.25, 0.3) is 0 Å². The molecule has 98 heavy (non-hydrogen) atoms. The highest BCUT2D eigenvalue weighted by Gasteiger charge is 2.30. The average molecular weight is 1430 g/mol. The van der Waals surface area contributed by atoms with Crippen LogP contribution < -0.4 is 0 Å². The van der Waals surface area contributed by atoms with Crippen LogP contribution in [0.5, 0.6) is 0 Å². The minimum absolute atomic E-state index is 0.0811. The Morgan fingerprint density at radius 2 is 0.500 bits per heavy atom. The van der Waals surface area contributed by atoms with Crippen molar-refractivity contribution in [3.8, 4) is 0 Å². The molecular formula is C79H144O17P2. The quantitative estimate of drug-likeness (QED) is 0.0169.